The Hall–Kier alpha value is -3.35. The third kappa shape index (κ3) is 4.36. The van der Waals surface area contributed by atoms with E-state index >= 15 is 0 Å². The molecule has 200 valence electrons. The first-order chi connectivity index (χ1) is 18.2. The van der Waals surface area contributed by atoms with E-state index in [0.29, 0.717) is 68.2 Å². The van der Waals surface area contributed by atoms with E-state index in [0.717, 1.165) is 23.0 Å². The summed E-state index contributed by atoms with van der Waals surface area (Å²) in [7, 11) is 1.90. The fraction of sp³-hybridized carbons (Fsp3) is 0.462. The van der Waals surface area contributed by atoms with Crippen LogP contribution in [0.1, 0.15) is 35.7 Å². The van der Waals surface area contributed by atoms with Gasteiger partial charge in [-0.3, -0.25) is 10.00 Å². The van der Waals surface area contributed by atoms with Crippen molar-refractivity contribution in [3.8, 4) is 11.3 Å². The molecule has 0 bridgehead atoms. The summed E-state index contributed by atoms with van der Waals surface area (Å²) in [6.07, 6.45) is -2.29. The van der Waals surface area contributed by atoms with Crippen LogP contribution >= 0.6 is 0 Å². The lowest BCUT2D eigenvalue weighted by atomic mass is 9.75. The van der Waals surface area contributed by atoms with E-state index < -0.39 is 11.9 Å². The molecule has 2 fully saturated rings. The Morgan fingerprint density at radius 1 is 1.13 bits per heavy atom. The minimum absolute atomic E-state index is 0.294. The monoisotopic (exact) mass is 527 g/mol. The molecule has 1 N–H and O–H groups in total. The average Bonchev–Trinajstić information content (AvgIpc) is 3.51. The number of fused-ring (bicyclic) bond motifs is 1. The summed E-state index contributed by atoms with van der Waals surface area (Å²) in [6, 6.07) is 8.54. The Balaban J connectivity index is 1.43. The first-order valence-electron chi connectivity index (χ1n) is 12.5. The van der Waals surface area contributed by atoms with Crippen molar-refractivity contribution in [2.24, 2.45) is 7.05 Å². The fourth-order valence-corrected chi connectivity index (χ4v) is 5.33. The van der Waals surface area contributed by atoms with E-state index in [1.54, 1.807) is 6.33 Å². The van der Waals surface area contributed by atoms with E-state index in [4.69, 9.17) is 9.47 Å². The number of aromatic nitrogens is 6. The molecule has 2 saturated heterocycles. The van der Waals surface area contributed by atoms with Gasteiger partial charge >= 0.3 is 6.18 Å². The van der Waals surface area contributed by atoms with Gasteiger partial charge in [0.05, 0.1) is 43.7 Å². The lowest BCUT2D eigenvalue weighted by Gasteiger charge is -2.41. The van der Waals surface area contributed by atoms with Gasteiger partial charge in [0, 0.05) is 42.9 Å². The van der Waals surface area contributed by atoms with Crippen LogP contribution in [0.5, 0.6) is 0 Å². The standard InChI is InChI=1S/C26H28F3N7O2/c1-16(36-6-8-37-9-7-36)22-24-19(11-20(31-22)26(27,28)29)23(33-34-24)17-4-3-5-18(10-17)25(13-38-14-25)12-21-32-30-15-35(21)2/h3-5,10-11,15-16H,6-9,12-14H2,1-2H3,(H,33,34)/t16-/m1/s1. The number of benzene rings is 1. The number of nitrogens with zero attached hydrogens (tertiary/aromatic N) is 6. The van der Waals surface area contributed by atoms with Crippen LogP contribution in [0.25, 0.3) is 22.2 Å². The molecule has 5 heterocycles. The summed E-state index contributed by atoms with van der Waals surface area (Å²) in [6.45, 7) is 5.24. The first kappa shape index (κ1) is 25.0. The number of nitrogens with one attached hydrogen (secondary N) is 1. The number of hydrogen-bond acceptors (Lipinski definition) is 7. The molecule has 0 unspecified atom stereocenters. The van der Waals surface area contributed by atoms with Gasteiger partial charge in [-0.05, 0) is 24.6 Å². The zero-order valence-corrected chi connectivity index (χ0v) is 21.1. The lowest BCUT2D eigenvalue weighted by Crippen LogP contribution is -2.49. The molecule has 3 aromatic heterocycles. The second-order valence-electron chi connectivity index (χ2n) is 10.1. The quantitative estimate of drug-likeness (QED) is 0.409. The van der Waals surface area contributed by atoms with Gasteiger partial charge in [0.15, 0.2) is 0 Å². The van der Waals surface area contributed by atoms with Gasteiger partial charge in [0.2, 0.25) is 0 Å². The first-order valence-corrected chi connectivity index (χ1v) is 12.5. The number of morpholine rings is 1. The zero-order valence-electron chi connectivity index (χ0n) is 21.1. The minimum Gasteiger partial charge on any atom is -0.379 e. The highest BCUT2D eigenvalue weighted by Crippen LogP contribution is 2.40. The molecule has 9 nitrogen and oxygen atoms in total. The van der Waals surface area contributed by atoms with Crippen molar-refractivity contribution in [1.29, 1.82) is 0 Å². The predicted octanol–water partition coefficient (Wildman–Crippen LogP) is 3.68. The molecule has 0 amide bonds. The van der Waals surface area contributed by atoms with Crippen LogP contribution in [0.4, 0.5) is 13.2 Å². The Kier molecular flexibility index (Phi) is 6.20. The molecule has 38 heavy (non-hydrogen) atoms. The maximum absolute atomic E-state index is 14.0. The van der Waals surface area contributed by atoms with E-state index in [2.05, 4.69) is 30.3 Å². The molecule has 1 aromatic carbocycles. The van der Waals surface area contributed by atoms with Gasteiger partial charge in [-0.15, -0.1) is 10.2 Å². The molecule has 12 heteroatoms. The highest BCUT2D eigenvalue weighted by molar-refractivity contribution is 5.94. The van der Waals surface area contributed by atoms with Crippen LogP contribution in [0.15, 0.2) is 36.7 Å². The molecule has 0 aliphatic carbocycles. The highest BCUT2D eigenvalue weighted by atomic mass is 19.4. The maximum atomic E-state index is 14.0. The molecule has 0 radical (unpaired) electrons. The maximum Gasteiger partial charge on any atom is 0.433 e. The van der Waals surface area contributed by atoms with Crippen molar-refractivity contribution >= 4 is 10.9 Å². The number of halogens is 3. The van der Waals surface area contributed by atoms with Crippen molar-refractivity contribution in [3.63, 3.8) is 0 Å². The number of pyridine rings is 1. The number of ether oxygens (including phenoxy) is 2. The Labute approximate surface area is 217 Å². The average molecular weight is 528 g/mol. The Morgan fingerprint density at radius 3 is 2.58 bits per heavy atom. The van der Waals surface area contributed by atoms with Crippen LogP contribution in [0.2, 0.25) is 0 Å². The Bertz CT molecular complexity index is 1450. The number of alkyl halides is 3. The van der Waals surface area contributed by atoms with E-state index in [9.17, 15) is 13.2 Å². The largest absolute Gasteiger partial charge is 0.433 e. The van der Waals surface area contributed by atoms with Crippen LogP contribution in [-0.4, -0.2) is 74.4 Å². The van der Waals surface area contributed by atoms with Crippen LogP contribution in [0, 0.1) is 0 Å². The number of hydrogen-bond donors (Lipinski definition) is 1. The van der Waals surface area contributed by atoms with Crippen LogP contribution in [0.3, 0.4) is 0 Å². The molecule has 0 saturated carbocycles. The summed E-state index contributed by atoms with van der Waals surface area (Å²) in [5, 5.41) is 16.1. The van der Waals surface area contributed by atoms with Gasteiger partial charge in [0.1, 0.15) is 23.5 Å². The summed E-state index contributed by atoms with van der Waals surface area (Å²) in [4.78, 5) is 6.16. The van der Waals surface area contributed by atoms with Gasteiger partial charge in [-0.25, -0.2) is 4.98 Å². The second kappa shape index (κ2) is 9.44. The third-order valence-corrected chi connectivity index (χ3v) is 7.67. The van der Waals surface area contributed by atoms with Gasteiger partial charge in [-0.1, -0.05) is 18.2 Å². The van der Waals surface area contributed by atoms with Crippen LogP contribution < -0.4 is 0 Å². The predicted molar refractivity (Wildman–Crippen MR) is 132 cm³/mol. The number of rotatable bonds is 6. The summed E-state index contributed by atoms with van der Waals surface area (Å²) < 4.78 is 54.8. The molecule has 0 spiro atoms. The normalized spacial score (nSPS) is 19.0. The molecule has 2 aliphatic rings. The van der Waals surface area contributed by atoms with Gasteiger partial charge < -0.3 is 14.0 Å². The SMILES string of the molecule is C[C@H](c1nc(C(F)(F)F)cc2c(-c3cccc(C4(Cc5nncn5C)COC4)c3)n[nH]c12)N1CCOCC1. The topological polar surface area (TPSA) is 94.0 Å². The smallest absolute Gasteiger partial charge is 0.379 e. The summed E-state index contributed by atoms with van der Waals surface area (Å²) in [5.41, 5.74) is 1.83. The van der Waals surface area contributed by atoms with E-state index in [1.165, 1.54) is 0 Å². The number of aryl methyl sites for hydroxylation is 1. The molecule has 2 aliphatic heterocycles. The fourth-order valence-electron chi connectivity index (χ4n) is 5.33. The van der Waals surface area contributed by atoms with Crippen molar-refractivity contribution < 1.29 is 22.6 Å². The second-order valence-corrected chi connectivity index (χ2v) is 10.1. The lowest BCUT2D eigenvalue weighted by molar-refractivity contribution is -0.141. The van der Waals surface area contributed by atoms with E-state index in [-0.39, 0.29) is 11.5 Å². The number of H-pyrrole nitrogens is 1. The number of aromatic amines is 1. The molecule has 1 atom stereocenters. The van der Waals surface area contributed by atoms with Gasteiger partial charge in [0.25, 0.3) is 0 Å². The van der Waals surface area contributed by atoms with Gasteiger partial charge in [-0.2, -0.15) is 18.3 Å². The zero-order chi connectivity index (χ0) is 26.5. The van der Waals surface area contributed by atoms with Crippen molar-refractivity contribution in [2.45, 2.75) is 31.0 Å². The summed E-state index contributed by atoms with van der Waals surface area (Å²) in [5.74, 6) is 0.839. The minimum atomic E-state index is -4.59. The van der Waals surface area contributed by atoms with Crippen molar-refractivity contribution in [2.75, 3.05) is 39.5 Å². The summed E-state index contributed by atoms with van der Waals surface area (Å²) >= 11 is 0. The van der Waals surface area contributed by atoms with E-state index in [1.807, 2.05) is 42.8 Å². The molecule has 4 aromatic rings. The van der Waals surface area contributed by atoms with Crippen molar-refractivity contribution in [3.05, 3.63) is 59.4 Å². The molecule has 6 rings (SSSR count). The third-order valence-electron chi connectivity index (χ3n) is 7.67. The Morgan fingerprint density at radius 2 is 1.92 bits per heavy atom. The molecular formula is C26H28F3N7O2. The van der Waals surface area contributed by atoms with Crippen LogP contribution in [-0.2, 0) is 34.5 Å². The highest BCUT2D eigenvalue weighted by Gasteiger charge is 2.42. The van der Waals surface area contributed by atoms with Crippen molar-refractivity contribution in [1.82, 2.24) is 34.8 Å². The molecular weight excluding hydrogens is 499 g/mol.